The molecule has 1 nitrogen and oxygen atoms in total. The number of hydrogen-bond acceptors (Lipinski definition) is 2. The van der Waals surface area contributed by atoms with Crippen molar-refractivity contribution < 1.29 is 0 Å². The third-order valence-corrected chi connectivity index (χ3v) is 2.70. The standard InChI is InChI=1S/C8H10BrNS/c1-3-11-8-6(2)4-7(9)5-10-8/h4-5H,3H2,1-2H3. The molecule has 1 rings (SSSR count). The zero-order valence-electron chi connectivity index (χ0n) is 6.60. The Labute approximate surface area is 79.7 Å². The summed E-state index contributed by atoms with van der Waals surface area (Å²) in [4.78, 5) is 4.28. The van der Waals surface area contributed by atoms with Crippen LogP contribution in [-0.2, 0) is 0 Å². The molecule has 1 aromatic heterocycles. The Hall–Kier alpha value is -0.0200. The lowest BCUT2D eigenvalue weighted by Crippen LogP contribution is -1.85. The van der Waals surface area contributed by atoms with Crippen molar-refractivity contribution in [2.75, 3.05) is 5.75 Å². The zero-order chi connectivity index (χ0) is 8.27. The largest absolute Gasteiger partial charge is 0.248 e. The van der Waals surface area contributed by atoms with Gasteiger partial charge in [0.25, 0.3) is 0 Å². The second-order valence-corrected chi connectivity index (χ2v) is 4.38. The van der Waals surface area contributed by atoms with Crippen molar-refractivity contribution in [3.8, 4) is 0 Å². The van der Waals surface area contributed by atoms with Crippen LogP contribution in [0.2, 0.25) is 0 Å². The first-order valence-corrected chi connectivity index (χ1v) is 5.27. The van der Waals surface area contributed by atoms with Gasteiger partial charge in [-0.15, -0.1) is 11.8 Å². The van der Waals surface area contributed by atoms with Crippen LogP contribution in [0, 0.1) is 6.92 Å². The summed E-state index contributed by atoms with van der Waals surface area (Å²) < 4.78 is 1.05. The molecular formula is C8H10BrNS. The molecule has 0 aliphatic heterocycles. The summed E-state index contributed by atoms with van der Waals surface area (Å²) in [5.41, 5.74) is 1.24. The molecule has 0 radical (unpaired) electrons. The maximum atomic E-state index is 4.28. The van der Waals surface area contributed by atoms with Gasteiger partial charge in [0.05, 0.1) is 5.03 Å². The van der Waals surface area contributed by atoms with E-state index in [4.69, 9.17) is 0 Å². The summed E-state index contributed by atoms with van der Waals surface area (Å²) in [5, 5.41) is 1.13. The van der Waals surface area contributed by atoms with Crippen molar-refractivity contribution in [2.24, 2.45) is 0 Å². The molecule has 0 amide bonds. The molecule has 3 heteroatoms. The van der Waals surface area contributed by atoms with Crippen LogP contribution in [-0.4, -0.2) is 10.7 Å². The van der Waals surface area contributed by atoms with Crippen LogP contribution in [0.3, 0.4) is 0 Å². The normalized spacial score (nSPS) is 10.1. The summed E-state index contributed by atoms with van der Waals surface area (Å²) in [6, 6.07) is 2.09. The fourth-order valence-corrected chi connectivity index (χ4v) is 1.95. The van der Waals surface area contributed by atoms with Crippen LogP contribution in [0.4, 0.5) is 0 Å². The molecule has 11 heavy (non-hydrogen) atoms. The zero-order valence-corrected chi connectivity index (χ0v) is 9.00. The monoisotopic (exact) mass is 231 g/mol. The van der Waals surface area contributed by atoms with E-state index in [-0.39, 0.29) is 0 Å². The second-order valence-electron chi connectivity index (χ2n) is 2.21. The third-order valence-electron chi connectivity index (χ3n) is 1.28. The molecule has 0 aromatic carbocycles. The Morgan fingerprint density at radius 1 is 1.64 bits per heavy atom. The molecule has 0 aliphatic rings. The molecule has 1 heterocycles. The van der Waals surface area contributed by atoms with Gasteiger partial charge in [0, 0.05) is 10.7 Å². The lowest BCUT2D eigenvalue weighted by Gasteiger charge is -2.01. The molecule has 0 atom stereocenters. The van der Waals surface area contributed by atoms with Crippen molar-refractivity contribution in [3.63, 3.8) is 0 Å². The van der Waals surface area contributed by atoms with Crippen LogP contribution in [0.1, 0.15) is 12.5 Å². The van der Waals surface area contributed by atoms with Crippen molar-refractivity contribution in [1.82, 2.24) is 4.98 Å². The summed E-state index contributed by atoms with van der Waals surface area (Å²) in [6.45, 7) is 4.21. The molecule has 1 aromatic rings. The Morgan fingerprint density at radius 2 is 2.36 bits per heavy atom. The molecule has 0 N–H and O–H groups in total. The lowest BCUT2D eigenvalue weighted by molar-refractivity contribution is 1.07. The van der Waals surface area contributed by atoms with Gasteiger partial charge in [-0.25, -0.2) is 4.98 Å². The van der Waals surface area contributed by atoms with Crippen molar-refractivity contribution in [2.45, 2.75) is 18.9 Å². The van der Waals surface area contributed by atoms with E-state index in [9.17, 15) is 0 Å². The molecule has 0 fully saturated rings. The second kappa shape index (κ2) is 4.12. The molecule has 0 saturated heterocycles. The number of hydrogen-bond donors (Lipinski definition) is 0. The quantitative estimate of drug-likeness (QED) is 0.726. The molecule has 0 spiro atoms. The number of rotatable bonds is 2. The lowest BCUT2D eigenvalue weighted by atomic mass is 10.3. The molecule has 0 bridgehead atoms. The smallest absolute Gasteiger partial charge is 0.0989 e. The number of aryl methyl sites for hydroxylation is 1. The van der Waals surface area contributed by atoms with Crippen LogP contribution in [0.25, 0.3) is 0 Å². The highest BCUT2D eigenvalue weighted by Crippen LogP contribution is 2.21. The van der Waals surface area contributed by atoms with Gasteiger partial charge in [-0.2, -0.15) is 0 Å². The molecule has 60 valence electrons. The average molecular weight is 232 g/mol. The minimum Gasteiger partial charge on any atom is -0.248 e. The minimum absolute atomic E-state index is 1.05. The SMILES string of the molecule is CCSc1ncc(Br)cc1C. The topological polar surface area (TPSA) is 12.9 Å². The van der Waals surface area contributed by atoms with E-state index in [0.29, 0.717) is 0 Å². The fourth-order valence-electron chi connectivity index (χ4n) is 0.816. The van der Waals surface area contributed by atoms with E-state index >= 15 is 0 Å². The van der Waals surface area contributed by atoms with Gasteiger partial charge in [0.2, 0.25) is 0 Å². The molecule has 0 unspecified atom stereocenters. The highest BCUT2D eigenvalue weighted by molar-refractivity contribution is 9.10. The van der Waals surface area contributed by atoms with E-state index in [2.05, 4.69) is 40.8 Å². The van der Waals surface area contributed by atoms with Gasteiger partial charge < -0.3 is 0 Å². The highest BCUT2D eigenvalue weighted by atomic mass is 79.9. The van der Waals surface area contributed by atoms with E-state index < -0.39 is 0 Å². The van der Waals surface area contributed by atoms with Gasteiger partial charge in [0.1, 0.15) is 0 Å². The van der Waals surface area contributed by atoms with Gasteiger partial charge in [-0.1, -0.05) is 6.92 Å². The summed E-state index contributed by atoms with van der Waals surface area (Å²) >= 11 is 5.15. The van der Waals surface area contributed by atoms with Gasteiger partial charge in [-0.05, 0) is 40.2 Å². The molecule has 0 saturated carbocycles. The maximum absolute atomic E-state index is 4.28. The molecule has 0 aliphatic carbocycles. The van der Waals surface area contributed by atoms with Crippen LogP contribution < -0.4 is 0 Å². The predicted octanol–water partition coefficient (Wildman–Crippen LogP) is 3.26. The Balaban J connectivity index is 2.90. The summed E-state index contributed by atoms with van der Waals surface area (Å²) in [6.07, 6.45) is 1.84. The van der Waals surface area contributed by atoms with E-state index in [1.165, 1.54) is 5.56 Å². The van der Waals surface area contributed by atoms with Gasteiger partial charge in [0.15, 0.2) is 0 Å². The third kappa shape index (κ3) is 2.49. The Bertz CT molecular complexity index is 250. The number of thioether (sulfide) groups is 1. The highest BCUT2D eigenvalue weighted by Gasteiger charge is 1.98. The number of aromatic nitrogens is 1. The van der Waals surface area contributed by atoms with E-state index in [1.807, 2.05) is 6.20 Å². The van der Waals surface area contributed by atoms with Crippen LogP contribution >= 0.6 is 27.7 Å². The summed E-state index contributed by atoms with van der Waals surface area (Å²) in [7, 11) is 0. The summed E-state index contributed by atoms with van der Waals surface area (Å²) in [5.74, 6) is 1.08. The van der Waals surface area contributed by atoms with Crippen molar-refractivity contribution >= 4 is 27.7 Å². The van der Waals surface area contributed by atoms with Gasteiger partial charge in [-0.3, -0.25) is 0 Å². The Morgan fingerprint density at radius 3 is 2.91 bits per heavy atom. The minimum atomic E-state index is 1.05. The first-order valence-electron chi connectivity index (χ1n) is 3.49. The van der Waals surface area contributed by atoms with Crippen LogP contribution in [0.15, 0.2) is 21.8 Å². The number of nitrogens with zero attached hydrogens (tertiary/aromatic N) is 1. The first-order chi connectivity index (χ1) is 5.24. The van der Waals surface area contributed by atoms with Crippen LogP contribution in [0.5, 0.6) is 0 Å². The Kier molecular flexibility index (Phi) is 3.40. The molecular weight excluding hydrogens is 222 g/mol. The van der Waals surface area contributed by atoms with E-state index in [0.717, 1.165) is 15.3 Å². The average Bonchev–Trinajstić information content (AvgIpc) is 1.95. The van der Waals surface area contributed by atoms with Crippen molar-refractivity contribution in [1.29, 1.82) is 0 Å². The first kappa shape index (κ1) is 9.07. The predicted molar refractivity (Wildman–Crippen MR) is 53.1 cm³/mol. The van der Waals surface area contributed by atoms with Gasteiger partial charge >= 0.3 is 0 Å². The number of pyridine rings is 1. The maximum Gasteiger partial charge on any atom is 0.0989 e. The number of halogens is 1. The van der Waals surface area contributed by atoms with Crippen molar-refractivity contribution in [3.05, 3.63) is 22.3 Å². The fraction of sp³-hybridized carbons (Fsp3) is 0.375. The van der Waals surface area contributed by atoms with E-state index in [1.54, 1.807) is 11.8 Å².